The molecule has 0 saturated heterocycles. The zero-order chi connectivity index (χ0) is 17.9. The predicted octanol–water partition coefficient (Wildman–Crippen LogP) is 2.95. The first-order valence-corrected chi connectivity index (χ1v) is 9.74. The van der Waals surface area contributed by atoms with Gasteiger partial charge in [-0.3, -0.25) is 4.72 Å². The molecule has 1 aromatic carbocycles. The van der Waals surface area contributed by atoms with Gasteiger partial charge in [0, 0.05) is 6.04 Å². The number of nitrogens with one attached hydrogen (secondary N) is 2. The highest BCUT2D eigenvalue weighted by Crippen LogP contribution is 2.24. The fraction of sp³-hybridized carbons (Fsp3) is 0.412. The van der Waals surface area contributed by atoms with Crippen molar-refractivity contribution in [3.63, 3.8) is 0 Å². The summed E-state index contributed by atoms with van der Waals surface area (Å²) >= 11 is 0. The molecule has 134 valence electrons. The van der Waals surface area contributed by atoms with E-state index in [2.05, 4.69) is 20.2 Å². The van der Waals surface area contributed by atoms with Gasteiger partial charge in [0.15, 0.2) is 5.82 Å². The van der Waals surface area contributed by atoms with Crippen LogP contribution in [0.2, 0.25) is 0 Å². The zero-order valence-electron chi connectivity index (χ0n) is 14.3. The third kappa shape index (κ3) is 4.19. The topological polar surface area (TPSA) is 93.2 Å². The average Bonchev–Trinajstić information content (AvgIpc) is 3.09. The van der Waals surface area contributed by atoms with E-state index in [4.69, 9.17) is 4.74 Å². The lowest BCUT2D eigenvalue weighted by atomic mass is 10.2. The summed E-state index contributed by atoms with van der Waals surface area (Å²) in [5, 5.41) is 11.3. The Labute approximate surface area is 147 Å². The fourth-order valence-electron chi connectivity index (χ4n) is 2.99. The molecule has 1 aliphatic rings. The number of sulfonamides is 1. The minimum absolute atomic E-state index is 0.184. The number of ether oxygens (including phenoxy) is 1. The molecule has 3 rings (SSSR count). The summed E-state index contributed by atoms with van der Waals surface area (Å²) in [5.41, 5.74) is 0.597. The van der Waals surface area contributed by atoms with Crippen LogP contribution in [-0.2, 0) is 10.0 Å². The summed E-state index contributed by atoms with van der Waals surface area (Å²) in [7, 11) is -2.19. The van der Waals surface area contributed by atoms with Crippen LogP contribution >= 0.6 is 0 Å². The monoisotopic (exact) mass is 362 g/mol. The maximum absolute atomic E-state index is 12.6. The van der Waals surface area contributed by atoms with Crippen LogP contribution in [0.4, 0.5) is 11.6 Å². The molecule has 0 spiro atoms. The molecule has 25 heavy (non-hydrogen) atoms. The Kier molecular flexibility index (Phi) is 5.08. The van der Waals surface area contributed by atoms with E-state index in [0.717, 1.165) is 12.8 Å². The summed E-state index contributed by atoms with van der Waals surface area (Å²) < 4.78 is 32.7. The molecular formula is C17H22N4O3S. The summed E-state index contributed by atoms with van der Waals surface area (Å²) in [6, 6.07) is 8.58. The molecular weight excluding hydrogens is 340 g/mol. The number of aromatic nitrogens is 2. The molecule has 0 unspecified atom stereocenters. The molecule has 0 atom stereocenters. The SMILES string of the molecule is COc1ccc(S(=O)(=O)Nc2ccc(NC3CCCC3)nn2)c(C)c1. The van der Waals surface area contributed by atoms with Crippen LogP contribution in [0.1, 0.15) is 31.2 Å². The van der Waals surface area contributed by atoms with Gasteiger partial charge in [-0.05, 0) is 55.7 Å². The molecule has 0 aliphatic heterocycles. The lowest BCUT2D eigenvalue weighted by Gasteiger charge is -2.13. The van der Waals surface area contributed by atoms with Crippen molar-refractivity contribution in [1.29, 1.82) is 0 Å². The number of nitrogens with zero attached hydrogens (tertiary/aromatic N) is 2. The van der Waals surface area contributed by atoms with Crippen molar-refractivity contribution in [2.24, 2.45) is 0 Å². The normalized spacial score (nSPS) is 15.1. The first-order valence-electron chi connectivity index (χ1n) is 8.26. The second kappa shape index (κ2) is 7.26. The summed E-state index contributed by atoms with van der Waals surface area (Å²) in [6.45, 7) is 1.72. The zero-order valence-corrected chi connectivity index (χ0v) is 15.1. The number of anilines is 2. The molecule has 1 aromatic heterocycles. The smallest absolute Gasteiger partial charge is 0.263 e. The Balaban J connectivity index is 1.72. The second-order valence-corrected chi connectivity index (χ2v) is 7.82. The highest BCUT2D eigenvalue weighted by Gasteiger charge is 2.19. The van der Waals surface area contributed by atoms with Crippen molar-refractivity contribution in [1.82, 2.24) is 10.2 Å². The van der Waals surface area contributed by atoms with Gasteiger partial charge < -0.3 is 10.1 Å². The van der Waals surface area contributed by atoms with Gasteiger partial charge >= 0.3 is 0 Å². The molecule has 7 nitrogen and oxygen atoms in total. The van der Waals surface area contributed by atoms with Crippen LogP contribution < -0.4 is 14.8 Å². The number of hydrogen-bond donors (Lipinski definition) is 2. The van der Waals surface area contributed by atoms with Gasteiger partial charge in [-0.15, -0.1) is 10.2 Å². The third-order valence-electron chi connectivity index (χ3n) is 4.28. The first-order chi connectivity index (χ1) is 12.0. The first kappa shape index (κ1) is 17.5. The quantitative estimate of drug-likeness (QED) is 0.821. The Morgan fingerprint density at radius 3 is 2.36 bits per heavy atom. The van der Waals surface area contributed by atoms with Gasteiger partial charge in [-0.1, -0.05) is 12.8 Å². The maximum atomic E-state index is 12.6. The Morgan fingerprint density at radius 1 is 1.08 bits per heavy atom. The van der Waals surface area contributed by atoms with Gasteiger partial charge in [0.25, 0.3) is 10.0 Å². The fourth-order valence-corrected chi connectivity index (χ4v) is 4.21. The van der Waals surface area contributed by atoms with Crippen molar-refractivity contribution in [2.45, 2.75) is 43.5 Å². The van der Waals surface area contributed by atoms with E-state index in [1.807, 2.05) is 0 Å². The highest BCUT2D eigenvalue weighted by atomic mass is 32.2. The molecule has 1 heterocycles. The Morgan fingerprint density at radius 2 is 1.76 bits per heavy atom. The third-order valence-corrected chi connectivity index (χ3v) is 5.80. The van der Waals surface area contributed by atoms with Crippen LogP contribution in [0.25, 0.3) is 0 Å². The number of hydrogen-bond acceptors (Lipinski definition) is 6. The Hall–Kier alpha value is -2.35. The minimum Gasteiger partial charge on any atom is -0.497 e. The molecule has 0 radical (unpaired) electrons. The van der Waals surface area contributed by atoms with Crippen LogP contribution in [0.15, 0.2) is 35.2 Å². The molecule has 0 bridgehead atoms. The summed E-state index contributed by atoms with van der Waals surface area (Å²) in [5.74, 6) is 1.46. The molecule has 0 amide bonds. The van der Waals surface area contributed by atoms with Crippen molar-refractivity contribution in [3.05, 3.63) is 35.9 Å². The van der Waals surface area contributed by atoms with Crippen LogP contribution in [0.5, 0.6) is 5.75 Å². The Bertz CT molecular complexity index is 831. The van der Waals surface area contributed by atoms with E-state index in [9.17, 15) is 8.42 Å². The van der Waals surface area contributed by atoms with E-state index >= 15 is 0 Å². The van der Waals surface area contributed by atoms with Crippen LogP contribution in [0, 0.1) is 6.92 Å². The summed E-state index contributed by atoms with van der Waals surface area (Å²) in [4.78, 5) is 0.184. The predicted molar refractivity (Wildman–Crippen MR) is 96.5 cm³/mol. The number of aryl methyl sites for hydroxylation is 1. The maximum Gasteiger partial charge on any atom is 0.263 e. The number of benzene rings is 1. The van der Waals surface area contributed by atoms with E-state index in [1.165, 1.54) is 26.0 Å². The van der Waals surface area contributed by atoms with Gasteiger partial charge in [-0.25, -0.2) is 8.42 Å². The van der Waals surface area contributed by atoms with Crippen molar-refractivity contribution < 1.29 is 13.2 Å². The van der Waals surface area contributed by atoms with Gasteiger partial charge in [0.2, 0.25) is 0 Å². The van der Waals surface area contributed by atoms with Gasteiger partial charge in [-0.2, -0.15) is 0 Å². The minimum atomic E-state index is -3.73. The van der Waals surface area contributed by atoms with E-state index in [-0.39, 0.29) is 10.7 Å². The van der Waals surface area contributed by atoms with Crippen LogP contribution in [-0.4, -0.2) is 31.8 Å². The second-order valence-electron chi connectivity index (χ2n) is 6.17. The molecule has 2 N–H and O–H groups in total. The number of rotatable bonds is 6. The molecule has 1 aliphatic carbocycles. The standard InChI is InChI=1S/C17H22N4O3S/c1-12-11-14(24-2)7-8-15(12)25(22,23)21-17-10-9-16(19-20-17)18-13-5-3-4-6-13/h7-11,13H,3-6H2,1-2H3,(H,18,19)(H,20,21). The molecule has 1 fully saturated rings. The van der Waals surface area contributed by atoms with E-state index < -0.39 is 10.0 Å². The molecule has 1 saturated carbocycles. The largest absolute Gasteiger partial charge is 0.497 e. The van der Waals surface area contributed by atoms with Crippen molar-refractivity contribution in [3.8, 4) is 5.75 Å². The lowest BCUT2D eigenvalue weighted by Crippen LogP contribution is -2.17. The van der Waals surface area contributed by atoms with E-state index in [1.54, 1.807) is 31.2 Å². The molecule has 8 heteroatoms. The van der Waals surface area contributed by atoms with Gasteiger partial charge in [0.1, 0.15) is 11.6 Å². The lowest BCUT2D eigenvalue weighted by molar-refractivity contribution is 0.414. The van der Waals surface area contributed by atoms with Crippen molar-refractivity contribution >= 4 is 21.7 Å². The highest BCUT2D eigenvalue weighted by molar-refractivity contribution is 7.92. The summed E-state index contributed by atoms with van der Waals surface area (Å²) in [6.07, 6.45) is 4.72. The van der Waals surface area contributed by atoms with Gasteiger partial charge in [0.05, 0.1) is 12.0 Å². The number of methoxy groups -OCH3 is 1. The van der Waals surface area contributed by atoms with E-state index in [0.29, 0.717) is 23.2 Å². The molecule has 2 aromatic rings. The van der Waals surface area contributed by atoms with Crippen molar-refractivity contribution in [2.75, 3.05) is 17.1 Å². The van der Waals surface area contributed by atoms with Crippen LogP contribution in [0.3, 0.4) is 0 Å². The average molecular weight is 362 g/mol.